The number of nitrogens with zero attached hydrogens (tertiary/aromatic N) is 3. The van der Waals surface area contributed by atoms with Crippen LogP contribution in [0, 0.1) is 15.5 Å². The van der Waals surface area contributed by atoms with Gasteiger partial charge >= 0.3 is 0 Å². The first-order valence-electron chi connectivity index (χ1n) is 5.03. The molecule has 5 N–H and O–H groups in total. The molecule has 10 heteroatoms. The highest BCUT2D eigenvalue weighted by Gasteiger charge is 2.07. The van der Waals surface area contributed by atoms with E-state index < -0.39 is 4.92 Å². The van der Waals surface area contributed by atoms with Gasteiger partial charge in [-0.05, 0) is 5.56 Å². The van der Waals surface area contributed by atoms with Crippen molar-refractivity contribution in [3.63, 3.8) is 0 Å². The largest absolute Gasteiger partial charge is 0.370 e. The lowest BCUT2D eigenvalue weighted by Gasteiger charge is -2.16. The minimum Gasteiger partial charge on any atom is -0.370 e. The number of halogens is 2. The molecule has 1 rings (SSSR count). The third kappa shape index (κ3) is 6.21. The summed E-state index contributed by atoms with van der Waals surface area (Å²) in [6, 6.07) is 6.07. The molecule has 0 aliphatic heterocycles. The lowest BCUT2D eigenvalue weighted by molar-refractivity contribution is -0.384. The summed E-state index contributed by atoms with van der Waals surface area (Å²) in [7, 11) is 1.65. The van der Waals surface area contributed by atoms with Crippen molar-refractivity contribution in [1.82, 2.24) is 4.90 Å². The predicted molar refractivity (Wildman–Crippen MR) is 82.6 cm³/mol. The highest BCUT2D eigenvalue weighted by Crippen LogP contribution is 2.13. The van der Waals surface area contributed by atoms with E-state index in [9.17, 15) is 10.1 Å². The fraction of sp³-hybridized carbons (Fsp3) is 0.200. The van der Waals surface area contributed by atoms with Gasteiger partial charge in [0.25, 0.3) is 5.69 Å². The average molecular weight is 323 g/mol. The first-order chi connectivity index (χ1) is 8.40. The standard InChI is InChI=1S/C10H14N6O2.2ClH/c1-15(10(13)14-9(11)12)6-7-2-4-8(5-3-7)16(17)18;;/h2-5H,6H2,1H3,(H5,11,12,13,14);2*1H. The molecule has 0 radical (unpaired) electrons. The van der Waals surface area contributed by atoms with E-state index in [1.165, 1.54) is 17.0 Å². The lowest BCUT2D eigenvalue weighted by Crippen LogP contribution is -2.30. The summed E-state index contributed by atoms with van der Waals surface area (Å²) in [5, 5.41) is 18.0. The topological polar surface area (TPSA) is 135 Å². The molecular formula is C10H16Cl2N6O2. The van der Waals surface area contributed by atoms with E-state index in [0.717, 1.165) is 5.56 Å². The molecule has 0 aromatic heterocycles. The molecule has 1 aromatic carbocycles. The second-order valence-electron chi connectivity index (χ2n) is 3.64. The zero-order valence-corrected chi connectivity index (χ0v) is 12.3. The van der Waals surface area contributed by atoms with Gasteiger partial charge in [-0.15, -0.1) is 24.8 Å². The Morgan fingerprint density at radius 2 is 1.85 bits per heavy atom. The van der Waals surface area contributed by atoms with Gasteiger partial charge in [-0.3, -0.25) is 15.5 Å². The third-order valence-corrected chi connectivity index (χ3v) is 2.16. The van der Waals surface area contributed by atoms with Crippen LogP contribution in [0.4, 0.5) is 5.69 Å². The fourth-order valence-electron chi connectivity index (χ4n) is 1.28. The van der Waals surface area contributed by atoms with Crippen molar-refractivity contribution in [3.8, 4) is 0 Å². The molecule has 0 amide bonds. The fourth-order valence-corrected chi connectivity index (χ4v) is 1.28. The van der Waals surface area contributed by atoms with E-state index in [1.54, 1.807) is 19.2 Å². The number of non-ortho nitro benzene ring substituents is 1. The molecule has 1 aromatic rings. The number of nitro groups is 1. The molecule has 0 heterocycles. The van der Waals surface area contributed by atoms with E-state index in [0.29, 0.717) is 6.54 Å². The van der Waals surface area contributed by atoms with Crippen LogP contribution in [-0.4, -0.2) is 28.8 Å². The number of aliphatic imine (C=N–C) groups is 1. The number of nitrogens with two attached hydrogens (primary N) is 2. The predicted octanol–water partition coefficient (Wildman–Crippen LogP) is 1.08. The molecule has 0 saturated heterocycles. The number of benzene rings is 1. The van der Waals surface area contributed by atoms with Crippen LogP contribution in [0.15, 0.2) is 29.3 Å². The highest BCUT2D eigenvalue weighted by atomic mass is 35.5. The molecule has 8 nitrogen and oxygen atoms in total. The zero-order valence-electron chi connectivity index (χ0n) is 10.6. The first-order valence-corrected chi connectivity index (χ1v) is 5.03. The van der Waals surface area contributed by atoms with Crippen molar-refractivity contribution in [2.24, 2.45) is 16.5 Å². The van der Waals surface area contributed by atoms with Gasteiger partial charge in [0, 0.05) is 25.7 Å². The molecule has 112 valence electrons. The third-order valence-electron chi connectivity index (χ3n) is 2.16. The van der Waals surface area contributed by atoms with Crippen molar-refractivity contribution in [1.29, 1.82) is 5.41 Å². The Bertz CT molecular complexity index is 487. The van der Waals surface area contributed by atoms with Gasteiger partial charge in [-0.1, -0.05) is 12.1 Å². The molecule has 0 aliphatic carbocycles. The highest BCUT2D eigenvalue weighted by molar-refractivity contribution is 5.91. The van der Waals surface area contributed by atoms with E-state index in [2.05, 4.69) is 4.99 Å². The van der Waals surface area contributed by atoms with Crippen molar-refractivity contribution >= 4 is 42.4 Å². The molecular weight excluding hydrogens is 307 g/mol. The Kier molecular flexibility index (Phi) is 9.06. The van der Waals surface area contributed by atoms with E-state index >= 15 is 0 Å². The van der Waals surface area contributed by atoms with Gasteiger partial charge < -0.3 is 16.4 Å². The Morgan fingerprint density at radius 3 is 2.25 bits per heavy atom. The molecule has 0 atom stereocenters. The molecule has 0 aliphatic rings. The SMILES string of the molecule is CN(Cc1ccc([N+](=O)[O-])cc1)C(=N)N=C(N)N.Cl.Cl. The molecule has 0 unspecified atom stereocenters. The Morgan fingerprint density at radius 1 is 1.35 bits per heavy atom. The van der Waals surface area contributed by atoms with Crippen LogP contribution >= 0.6 is 24.8 Å². The van der Waals surface area contributed by atoms with Gasteiger partial charge in [-0.25, -0.2) is 0 Å². The molecule has 0 spiro atoms. The van der Waals surface area contributed by atoms with E-state index in [4.69, 9.17) is 16.9 Å². The minimum absolute atomic E-state index is 0. The number of nitro benzene ring substituents is 1. The normalized spacial score (nSPS) is 8.65. The summed E-state index contributed by atoms with van der Waals surface area (Å²) < 4.78 is 0. The van der Waals surface area contributed by atoms with Gasteiger partial charge in [0.05, 0.1) is 4.92 Å². The minimum atomic E-state index is -0.463. The molecule has 0 fully saturated rings. The van der Waals surface area contributed by atoms with Crippen LogP contribution in [-0.2, 0) is 6.54 Å². The zero-order chi connectivity index (χ0) is 13.7. The maximum atomic E-state index is 10.5. The summed E-state index contributed by atoms with van der Waals surface area (Å²) in [6.45, 7) is 0.383. The van der Waals surface area contributed by atoms with Crippen LogP contribution in [0.1, 0.15) is 5.56 Å². The lowest BCUT2D eigenvalue weighted by atomic mass is 10.2. The molecule has 20 heavy (non-hydrogen) atoms. The monoisotopic (exact) mass is 322 g/mol. The summed E-state index contributed by atoms with van der Waals surface area (Å²) in [6.07, 6.45) is 0. The molecule has 0 saturated carbocycles. The van der Waals surface area contributed by atoms with Gasteiger partial charge in [-0.2, -0.15) is 4.99 Å². The Labute approximate surface area is 128 Å². The van der Waals surface area contributed by atoms with Crippen molar-refractivity contribution in [2.45, 2.75) is 6.54 Å². The number of hydrogen-bond acceptors (Lipinski definition) is 3. The maximum Gasteiger partial charge on any atom is 0.269 e. The van der Waals surface area contributed by atoms with Crippen LogP contribution in [0.3, 0.4) is 0 Å². The Hall–Kier alpha value is -2.06. The summed E-state index contributed by atoms with van der Waals surface area (Å²) >= 11 is 0. The smallest absolute Gasteiger partial charge is 0.269 e. The molecule has 0 bridgehead atoms. The van der Waals surface area contributed by atoms with Crippen LogP contribution in [0.2, 0.25) is 0 Å². The number of nitrogens with one attached hydrogen (secondary N) is 1. The van der Waals surface area contributed by atoms with Crippen LogP contribution in [0.25, 0.3) is 0 Å². The second-order valence-corrected chi connectivity index (χ2v) is 3.64. The van der Waals surface area contributed by atoms with Gasteiger partial charge in [0.1, 0.15) is 0 Å². The van der Waals surface area contributed by atoms with E-state index in [-0.39, 0.29) is 42.4 Å². The quantitative estimate of drug-likeness (QED) is 0.331. The number of rotatable bonds is 3. The van der Waals surface area contributed by atoms with Gasteiger partial charge in [0.2, 0.25) is 5.96 Å². The summed E-state index contributed by atoms with van der Waals surface area (Å²) in [5.41, 5.74) is 11.2. The van der Waals surface area contributed by atoms with Crippen molar-refractivity contribution in [2.75, 3.05) is 7.05 Å². The number of guanidine groups is 2. The van der Waals surface area contributed by atoms with Crippen molar-refractivity contribution in [3.05, 3.63) is 39.9 Å². The maximum absolute atomic E-state index is 10.5. The average Bonchev–Trinajstić information content (AvgIpc) is 2.28. The number of hydrogen-bond donors (Lipinski definition) is 3. The van der Waals surface area contributed by atoms with Gasteiger partial charge in [0.15, 0.2) is 5.96 Å². The van der Waals surface area contributed by atoms with Crippen molar-refractivity contribution < 1.29 is 4.92 Å². The Balaban J connectivity index is 0. The van der Waals surface area contributed by atoms with Crippen LogP contribution < -0.4 is 11.5 Å². The summed E-state index contributed by atoms with van der Waals surface area (Å²) in [4.78, 5) is 15.1. The first kappa shape index (κ1) is 20.3. The van der Waals surface area contributed by atoms with E-state index in [1.807, 2.05) is 0 Å². The second kappa shape index (κ2) is 8.94. The van der Waals surface area contributed by atoms with Crippen LogP contribution in [0.5, 0.6) is 0 Å². The summed E-state index contributed by atoms with van der Waals surface area (Å²) in [5.74, 6) is -0.260.